The topological polar surface area (TPSA) is 84.3 Å². The molecule has 1 unspecified atom stereocenters. The molecule has 1 fully saturated rings. The Bertz CT molecular complexity index is 640. The molecule has 1 aliphatic heterocycles. The Morgan fingerprint density at radius 3 is 2.57 bits per heavy atom. The summed E-state index contributed by atoms with van der Waals surface area (Å²) in [6.07, 6.45) is 1.67. The zero-order valence-corrected chi connectivity index (χ0v) is 20.6. The zero-order chi connectivity index (χ0) is 19.7. The fraction of sp³-hybridized carbons (Fsp3) is 0.632. The highest BCUT2D eigenvalue weighted by Crippen LogP contribution is 2.34. The predicted octanol–water partition coefficient (Wildman–Crippen LogP) is 2.93. The van der Waals surface area contributed by atoms with Gasteiger partial charge in [-0.3, -0.25) is 0 Å². The van der Waals surface area contributed by atoms with E-state index in [2.05, 4.69) is 26.6 Å². The third-order valence-corrected chi connectivity index (χ3v) is 5.50. The quantitative estimate of drug-likeness (QED) is 0.240. The maximum absolute atomic E-state index is 9.38. The molecule has 0 amide bonds. The molecule has 1 aromatic carbocycles. The van der Waals surface area contributed by atoms with Crippen molar-refractivity contribution in [3.8, 4) is 11.5 Å². The van der Waals surface area contributed by atoms with Crippen LogP contribution in [0, 0.1) is 5.41 Å². The Hall–Kier alpha value is -0.780. The molecule has 1 heterocycles. The van der Waals surface area contributed by atoms with E-state index in [1.807, 2.05) is 19.1 Å². The smallest absolute Gasteiger partial charge is 0.191 e. The van der Waals surface area contributed by atoms with Crippen molar-refractivity contribution in [1.82, 2.24) is 10.6 Å². The van der Waals surface area contributed by atoms with Gasteiger partial charge < -0.3 is 30.0 Å². The first-order valence-corrected chi connectivity index (χ1v) is 9.98. The molecule has 0 spiro atoms. The molecule has 160 valence electrons. The summed E-state index contributed by atoms with van der Waals surface area (Å²) in [6.45, 7) is 5.58. The average Bonchev–Trinajstić information content (AvgIpc) is 3.13. The Morgan fingerprint density at radius 1 is 1.29 bits per heavy atom. The highest BCUT2D eigenvalue weighted by atomic mass is 127. The first-order chi connectivity index (χ1) is 13.1. The van der Waals surface area contributed by atoms with Crippen LogP contribution in [0.15, 0.2) is 21.6 Å². The van der Waals surface area contributed by atoms with Crippen LogP contribution in [0.5, 0.6) is 11.5 Å². The van der Waals surface area contributed by atoms with Crippen LogP contribution in [0.1, 0.15) is 25.3 Å². The van der Waals surface area contributed by atoms with E-state index in [0.29, 0.717) is 31.2 Å². The number of benzene rings is 1. The summed E-state index contributed by atoms with van der Waals surface area (Å²) in [5, 5.41) is 16.1. The summed E-state index contributed by atoms with van der Waals surface area (Å²) in [7, 11) is 3.24. The van der Waals surface area contributed by atoms with Gasteiger partial charge in [-0.1, -0.05) is 15.9 Å². The number of aliphatic hydroxyl groups is 1. The third kappa shape index (κ3) is 6.93. The first kappa shape index (κ1) is 25.3. The maximum Gasteiger partial charge on any atom is 0.191 e. The molecule has 1 saturated heterocycles. The van der Waals surface area contributed by atoms with Gasteiger partial charge in [-0.25, -0.2) is 4.99 Å². The van der Waals surface area contributed by atoms with Gasteiger partial charge in [-0.15, -0.1) is 24.0 Å². The Balaban J connectivity index is 0.00000392. The van der Waals surface area contributed by atoms with Gasteiger partial charge in [0.25, 0.3) is 0 Å². The molecule has 1 aliphatic rings. The number of ether oxygens (including phenoxy) is 3. The maximum atomic E-state index is 9.38. The molecule has 28 heavy (non-hydrogen) atoms. The van der Waals surface area contributed by atoms with E-state index in [4.69, 9.17) is 19.2 Å². The van der Waals surface area contributed by atoms with E-state index < -0.39 is 0 Å². The van der Waals surface area contributed by atoms with Gasteiger partial charge in [0.15, 0.2) is 17.5 Å². The van der Waals surface area contributed by atoms with Crippen LogP contribution in [0.3, 0.4) is 0 Å². The Morgan fingerprint density at radius 2 is 2.00 bits per heavy atom. The number of methoxy groups -OCH3 is 2. The normalized spacial score (nSPS) is 19.1. The minimum atomic E-state index is -0.0329. The number of halogens is 2. The van der Waals surface area contributed by atoms with E-state index >= 15 is 0 Å². The number of nitrogens with zero attached hydrogens (tertiary/aromatic N) is 1. The standard InChI is InChI=1S/C19H30BrN3O4.HI/c1-4-21-18(23-12-19(5-7-24)6-8-27-13-19)22-11-14-9-16(25-2)17(26-3)10-15(14)20;/h9-10,24H,4-8,11-13H2,1-3H3,(H2,21,22,23);1H. The van der Waals surface area contributed by atoms with Crippen LogP contribution >= 0.6 is 39.9 Å². The van der Waals surface area contributed by atoms with E-state index in [0.717, 1.165) is 42.0 Å². The highest BCUT2D eigenvalue weighted by Gasteiger charge is 2.34. The molecule has 3 N–H and O–H groups in total. The highest BCUT2D eigenvalue weighted by molar-refractivity contribution is 14.0. The van der Waals surface area contributed by atoms with Crippen LogP contribution < -0.4 is 20.1 Å². The molecule has 9 heteroatoms. The SMILES string of the molecule is CCNC(=NCc1cc(OC)c(OC)cc1Br)NCC1(CCO)CCOC1.I. The Kier molecular flexibility index (Phi) is 11.5. The predicted molar refractivity (Wildman–Crippen MR) is 125 cm³/mol. The lowest BCUT2D eigenvalue weighted by Crippen LogP contribution is -2.44. The Labute approximate surface area is 192 Å². The van der Waals surface area contributed by atoms with Crippen LogP contribution in [-0.2, 0) is 11.3 Å². The minimum absolute atomic E-state index is 0. The fourth-order valence-corrected chi connectivity index (χ4v) is 3.55. The average molecular weight is 572 g/mol. The van der Waals surface area contributed by atoms with Crippen molar-refractivity contribution in [2.24, 2.45) is 10.4 Å². The van der Waals surface area contributed by atoms with E-state index in [1.54, 1.807) is 14.2 Å². The number of rotatable bonds is 9. The molecule has 1 aromatic rings. The summed E-state index contributed by atoms with van der Waals surface area (Å²) in [6, 6.07) is 3.81. The lowest BCUT2D eigenvalue weighted by molar-refractivity contribution is 0.127. The van der Waals surface area contributed by atoms with Gasteiger partial charge in [0, 0.05) is 36.2 Å². The van der Waals surface area contributed by atoms with Gasteiger partial charge in [-0.05, 0) is 37.5 Å². The summed E-state index contributed by atoms with van der Waals surface area (Å²) >= 11 is 3.57. The molecular formula is C19H31BrIN3O4. The third-order valence-electron chi connectivity index (χ3n) is 4.76. The van der Waals surface area contributed by atoms with Crippen molar-refractivity contribution >= 4 is 45.9 Å². The number of aliphatic hydroxyl groups excluding tert-OH is 1. The van der Waals surface area contributed by atoms with E-state index in [-0.39, 0.29) is 36.0 Å². The van der Waals surface area contributed by atoms with Gasteiger partial charge >= 0.3 is 0 Å². The summed E-state index contributed by atoms with van der Waals surface area (Å²) in [4.78, 5) is 4.69. The molecular weight excluding hydrogens is 541 g/mol. The molecule has 1 atom stereocenters. The molecule has 2 rings (SSSR count). The lowest BCUT2D eigenvalue weighted by Gasteiger charge is -2.27. The minimum Gasteiger partial charge on any atom is -0.493 e. The van der Waals surface area contributed by atoms with Crippen LogP contribution in [0.4, 0.5) is 0 Å². The largest absolute Gasteiger partial charge is 0.493 e. The van der Waals surface area contributed by atoms with Crippen molar-refractivity contribution in [2.45, 2.75) is 26.3 Å². The van der Waals surface area contributed by atoms with Crippen molar-refractivity contribution < 1.29 is 19.3 Å². The van der Waals surface area contributed by atoms with Crippen LogP contribution in [0.2, 0.25) is 0 Å². The summed E-state index contributed by atoms with van der Waals surface area (Å²) < 4.78 is 17.2. The first-order valence-electron chi connectivity index (χ1n) is 9.18. The molecule has 0 aliphatic carbocycles. The van der Waals surface area contributed by atoms with Gasteiger partial charge in [0.2, 0.25) is 0 Å². The summed E-state index contributed by atoms with van der Waals surface area (Å²) in [5.41, 5.74) is 0.966. The summed E-state index contributed by atoms with van der Waals surface area (Å²) in [5.74, 6) is 2.09. The van der Waals surface area contributed by atoms with E-state index in [1.165, 1.54) is 0 Å². The van der Waals surface area contributed by atoms with Crippen LogP contribution in [-0.4, -0.2) is 58.2 Å². The number of hydrogen-bond acceptors (Lipinski definition) is 5. The van der Waals surface area contributed by atoms with Gasteiger partial charge in [-0.2, -0.15) is 0 Å². The molecule has 7 nitrogen and oxygen atoms in total. The van der Waals surface area contributed by atoms with Gasteiger partial charge in [0.1, 0.15) is 0 Å². The molecule has 0 saturated carbocycles. The molecule has 0 aromatic heterocycles. The van der Waals surface area contributed by atoms with Crippen molar-refractivity contribution in [3.63, 3.8) is 0 Å². The van der Waals surface area contributed by atoms with Crippen molar-refractivity contribution in [3.05, 3.63) is 22.2 Å². The molecule has 0 bridgehead atoms. The monoisotopic (exact) mass is 571 g/mol. The fourth-order valence-electron chi connectivity index (χ4n) is 3.11. The number of guanidine groups is 1. The van der Waals surface area contributed by atoms with Crippen molar-refractivity contribution in [2.75, 3.05) is 47.1 Å². The van der Waals surface area contributed by atoms with E-state index in [9.17, 15) is 5.11 Å². The second-order valence-electron chi connectivity index (χ2n) is 6.62. The molecule has 0 radical (unpaired) electrons. The van der Waals surface area contributed by atoms with Gasteiger partial charge in [0.05, 0.1) is 27.4 Å². The lowest BCUT2D eigenvalue weighted by atomic mass is 9.84. The van der Waals surface area contributed by atoms with Crippen molar-refractivity contribution in [1.29, 1.82) is 0 Å². The number of hydrogen-bond donors (Lipinski definition) is 3. The second kappa shape index (κ2) is 12.7. The van der Waals surface area contributed by atoms with Crippen LogP contribution in [0.25, 0.3) is 0 Å². The number of nitrogens with one attached hydrogen (secondary N) is 2. The number of aliphatic imine (C=N–C) groups is 1. The second-order valence-corrected chi connectivity index (χ2v) is 7.48. The zero-order valence-electron chi connectivity index (χ0n) is 16.7.